The molecule has 0 saturated heterocycles. The molecule has 2 heterocycles. The van der Waals surface area contributed by atoms with Gasteiger partial charge in [-0.05, 0) is 12.8 Å². The number of imidazole rings is 1. The zero-order valence-electron chi connectivity index (χ0n) is 11.8. The van der Waals surface area contributed by atoms with Gasteiger partial charge in [-0.2, -0.15) is 0 Å². The summed E-state index contributed by atoms with van der Waals surface area (Å²) < 4.78 is 1.89. The lowest BCUT2D eigenvalue weighted by atomic mass is 9.96. The quantitative estimate of drug-likeness (QED) is 0.788. The molecule has 1 aliphatic carbocycles. The van der Waals surface area contributed by atoms with Gasteiger partial charge in [0.25, 0.3) is 0 Å². The summed E-state index contributed by atoms with van der Waals surface area (Å²) in [6.45, 7) is 0. The van der Waals surface area contributed by atoms with Crippen molar-refractivity contribution in [3.8, 4) is 11.3 Å². The molecule has 0 atom stereocenters. The monoisotopic (exact) mass is 298 g/mol. The van der Waals surface area contributed by atoms with Crippen LogP contribution in [0.4, 0.5) is 5.13 Å². The summed E-state index contributed by atoms with van der Waals surface area (Å²) >= 11 is 1.64. The molecule has 21 heavy (non-hydrogen) atoms. The van der Waals surface area contributed by atoms with Crippen LogP contribution in [0.2, 0.25) is 0 Å². The number of rotatable bonds is 3. The Morgan fingerprint density at radius 3 is 2.67 bits per heavy atom. The van der Waals surface area contributed by atoms with Crippen LogP contribution < -0.4 is 5.32 Å². The maximum atomic E-state index is 4.68. The number of benzene rings is 1. The first-order valence-corrected chi connectivity index (χ1v) is 8.38. The van der Waals surface area contributed by atoms with Gasteiger partial charge in [0.15, 0.2) is 0 Å². The van der Waals surface area contributed by atoms with Gasteiger partial charge in [0, 0.05) is 11.6 Å². The van der Waals surface area contributed by atoms with Gasteiger partial charge >= 0.3 is 0 Å². The molecule has 0 aliphatic heterocycles. The Morgan fingerprint density at radius 2 is 1.90 bits per heavy atom. The predicted molar refractivity (Wildman–Crippen MR) is 86.8 cm³/mol. The van der Waals surface area contributed by atoms with E-state index in [2.05, 4.69) is 27.5 Å². The van der Waals surface area contributed by atoms with Crippen LogP contribution in [0.15, 0.2) is 36.5 Å². The molecule has 4 nitrogen and oxygen atoms in total. The Morgan fingerprint density at radius 1 is 1.10 bits per heavy atom. The molecule has 5 heteroatoms. The van der Waals surface area contributed by atoms with Crippen molar-refractivity contribution in [2.45, 2.75) is 38.1 Å². The molecular formula is C16H18N4S. The van der Waals surface area contributed by atoms with Gasteiger partial charge in [0.05, 0.1) is 11.9 Å². The summed E-state index contributed by atoms with van der Waals surface area (Å²) in [5.74, 6) is 0. The molecule has 0 spiro atoms. The van der Waals surface area contributed by atoms with Gasteiger partial charge in [-0.1, -0.05) is 60.9 Å². The van der Waals surface area contributed by atoms with Crippen LogP contribution in [0.25, 0.3) is 16.2 Å². The van der Waals surface area contributed by atoms with E-state index in [1.807, 2.05) is 28.9 Å². The molecule has 108 valence electrons. The van der Waals surface area contributed by atoms with Crippen molar-refractivity contribution in [3.05, 3.63) is 36.5 Å². The van der Waals surface area contributed by atoms with Gasteiger partial charge < -0.3 is 5.32 Å². The van der Waals surface area contributed by atoms with Crippen molar-refractivity contribution in [1.82, 2.24) is 14.6 Å². The van der Waals surface area contributed by atoms with E-state index < -0.39 is 0 Å². The standard InChI is InChI=1S/C16H18N4S/c1-3-7-12(8-4-1)14-11-20-16(18-14)21-15(19-20)17-13-9-5-2-6-10-13/h1,3-4,7-8,11,13H,2,5-6,9-10H2,(H,17,19). The lowest BCUT2D eigenvalue weighted by molar-refractivity contribution is 0.462. The minimum absolute atomic E-state index is 0.586. The van der Waals surface area contributed by atoms with Crippen molar-refractivity contribution in [1.29, 1.82) is 0 Å². The molecule has 1 fully saturated rings. The highest BCUT2D eigenvalue weighted by atomic mass is 32.1. The summed E-state index contributed by atoms with van der Waals surface area (Å²) in [7, 11) is 0. The normalized spacial score (nSPS) is 16.4. The number of hydrogen-bond donors (Lipinski definition) is 1. The van der Waals surface area contributed by atoms with Crippen molar-refractivity contribution in [2.24, 2.45) is 0 Å². The second-order valence-electron chi connectivity index (χ2n) is 5.61. The third-order valence-electron chi connectivity index (χ3n) is 4.05. The largest absolute Gasteiger partial charge is 0.357 e. The third-order valence-corrected chi connectivity index (χ3v) is 4.90. The second kappa shape index (κ2) is 5.48. The first-order chi connectivity index (χ1) is 10.4. The Bertz CT molecular complexity index is 694. The highest BCUT2D eigenvalue weighted by Gasteiger charge is 2.16. The van der Waals surface area contributed by atoms with Crippen molar-refractivity contribution < 1.29 is 0 Å². The van der Waals surface area contributed by atoms with Gasteiger partial charge in [-0.15, -0.1) is 5.10 Å². The fraction of sp³-hybridized carbons (Fsp3) is 0.375. The highest BCUT2D eigenvalue weighted by molar-refractivity contribution is 7.20. The van der Waals surface area contributed by atoms with E-state index in [-0.39, 0.29) is 0 Å². The Kier molecular flexibility index (Phi) is 3.35. The Hall–Kier alpha value is -1.88. The summed E-state index contributed by atoms with van der Waals surface area (Å²) in [6, 6.07) is 10.8. The van der Waals surface area contributed by atoms with Crippen molar-refractivity contribution in [2.75, 3.05) is 5.32 Å². The topological polar surface area (TPSA) is 42.2 Å². The van der Waals surface area contributed by atoms with Crippen LogP contribution in [0.3, 0.4) is 0 Å². The molecule has 0 amide bonds. The number of fused-ring (bicyclic) bond motifs is 1. The van der Waals surface area contributed by atoms with Crippen LogP contribution >= 0.6 is 11.3 Å². The van der Waals surface area contributed by atoms with Crippen molar-refractivity contribution in [3.63, 3.8) is 0 Å². The highest BCUT2D eigenvalue weighted by Crippen LogP contribution is 2.27. The molecule has 1 aromatic carbocycles. The van der Waals surface area contributed by atoms with Crippen LogP contribution in [-0.4, -0.2) is 20.6 Å². The average molecular weight is 298 g/mol. The molecular weight excluding hydrogens is 280 g/mol. The van der Waals surface area contributed by atoms with E-state index in [9.17, 15) is 0 Å². The average Bonchev–Trinajstić information content (AvgIpc) is 3.07. The van der Waals surface area contributed by atoms with Crippen LogP contribution in [-0.2, 0) is 0 Å². The van der Waals surface area contributed by atoms with Crippen LogP contribution in [0, 0.1) is 0 Å². The van der Waals surface area contributed by atoms with Gasteiger partial charge in [-0.3, -0.25) is 0 Å². The zero-order chi connectivity index (χ0) is 14.1. The number of anilines is 1. The lowest BCUT2D eigenvalue weighted by Gasteiger charge is -2.21. The number of hydrogen-bond acceptors (Lipinski definition) is 4. The maximum Gasteiger partial charge on any atom is 0.214 e. The van der Waals surface area contributed by atoms with E-state index in [0.717, 1.165) is 21.3 Å². The first-order valence-electron chi connectivity index (χ1n) is 7.57. The molecule has 0 unspecified atom stereocenters. The van der Waals surface area contributed by atoms with E-state index >= 15 is 0 Å². The van der Waals surface area contributed by atoms with Crippen LogP contribution in [0.5, 0.6) is 0 Å². The zero-order valence-corrected chi connectivity index (χ0v) is 12.6. The molecule has 4 rings (SSSR count). The fourth-order valence-corrected chi connectivity index (χ4v) is 3.79. The van der Waals surface area contributed by atoms with E-state index in [1.165, 1.54) is 32.1 Å². The number of nitrogens with one attached hydrogen (secondary N) is 1. The predicted octanol–water partition coefficient (Wildman–Crippen LogP) is 4.20. The van der Waals surface area contributed by atoms with E-state index in [0.29, 0.717) is 6.04 Å². The van der Waals surface area contributed by atoms with E-state index in [4.69, 9.17) is 0 Å². The lowest BCUT2D eigenvalue weighted by Crippen LogP contribution is -2.22. The number of aromatic nitrogens is 3. The minimum Gasteiger partial charge on any atom is -0.357 e. The first kappa shape index (κ1) is 12.8. The summed E-state index contributed by atoms with van der Waals surface area (Å²) in [4.78, 5) is 5.63. The molecule has 0 bridgehead atoms. The van der Waals surface area contributed by atoms with Gasteiger partial charge in [0.1, 0.15) is 0 Å². The Labute approximate surface area is 127 Å². The minimum atomic E-state index is 0.586. The number of nitrogens with zero attached hydrogens (tertiary/aromatic N) is 3. The van der Waals surface area contributed by atoms with Gasteiger partial charge in [-0.25, -0.2) is 9.50 Å². The molecule has 0 radical (unpaired) electrons. The summed E-state index contributed by atoms with van der Waals surface area (Å²) in [5.41, 5.74) is 2.12. The Balaban J connectivity index is 1.56. The summed E-state index contributed by atoms with van der Waals surface area (Å²) in [6.07, 6.45) is 8.57. The maximum absolute atomic E-state index is 4.68. The second-order valence-corrected chi connectivity index (χ2v) is 6.56. The fourth-order valence-electron chi connectivity index (χ4n) is 2.93. The molecule has 3 aromatic rings. The van der Waals surface area contributed by atoms with Gasteiger partial charge in [0.2, 0.25) is 10.1 Å². The third kappa shape index (κ3) is 2.65. The SMILES string of the molecule is c1ccc(-c2cn3nc(NC4CCCCC4)sc3n2)cc1. The smallest absolute Gasteiger partial charge is 0.214 e. The molecule has 1 N–H and O–H groups in total. The molecule has 1 aliphatic rings. The van der Waals surface area contributed by atoms with Crippen molar-refractivity contribution >= 4 is 21.4 Å². The van der Waals surface area contributed by atoms with Crippen LogP contribution in [0.1, 0.15) is 32.1 Å². The molecule has 2 aromatic heterocycles. The van der Waals surface area contributed by atoms with E-state index in [1.54, 1.807) is 11.3 Å². The summed E-state index contributed by atoms with van der Waals surface area (Å²) in [5, 5.41) is 9.17. The molecule has 1 saturated carbocycles.